The molecule has 41 nitrogen and oxygen atoms in total. The number of phenols is 1. The fraction of sp³-hybridized carbons (Fsp3) is 0.393. The Morgan fingerprint density at radius 3 is 1.84 bits per heavy atom. The number of para-hydroxylation sites is 1. The number of phenolic OH excluding ortho intramolecular Hbond substituents is 1. The van der Waals surface area contributed by atoms with E-state index < -0.39 is 33.7 Å². The van der Waals surface area contributed by atoms with Crippen LogP contribution in [0.5, 0.6) is 11.6 Å². The van der Waals surface area contributed by atoms with Gasteiger partial charge in [0.1, 0.15) is 28.4 Å². The number of nitrogens with one attached hydrogen (secondary N) is 8. The van der Waals surface area contributed by atoms with Crippen molar-refractivity contribution >= 4 is 120 Å². The Hall–Kier alpha value is -14.5. The molecule has 666 valence electrons. The van der Waals surface area contributed by atoms with E-state index in [0.29, 0.717) is 111 Å². The van der Waals surface area contributed by atoms with Crippen LogP contribution in [0.25, 0.3) is 25.1 Å². The standard InChI is InChI=1S/C20H23N7O.C17H19N7O2.C16H15N5O.C16H22N4O3S.C15H23N7O4S/c1-12(2)14-15(21-6)18(24-22-14)25-23-16-17(20(3,4)5)26-27(19(16)28)13-10-8-7-9-11-13;1-6-8-9-24-16(25)12(18-4)10(3)13(17(24)26)21-23-15-14(19-5)11(7-2)20-22-15;1-9(2)13-14(17-3)16(21-19-13)20-18-12-8-10-6-4-5-7-11(10)15(12)22;1-5-12-11(9-24(22)23)15(19-17-12)20-18-13-8-10(16(2,3)4)6-7-14(13)21;1-6-26-14(23)9-7-17-19-12(9)20-18-10-11(15(2,3)4)21-22(5)13(10)16-8-27(24)25/h7-12,26H,1-5H3,(H,22,24);25H,6-9H2,1-3H3,(H,20,22);4-7,9H,8H2,1-2H3,(H2,19,20,21);6-8,21H,5,9H2,1-4H3,(H,17,19)(H,22,23);7,16H,6,8H2,1-5H3,(H,17,19)(H,24,25)/p-2. The highest BCUT2D eigenvalue weighted by molar-refractivity contribution is 7.79. The fourth-order valence-corrected chi connectivity index (χ4v) is 13.0. The number of pyridine rings is 1. The number of ketones is 1. The van der Waals surface area contributed by atoms with Crippen molar-refractivity contribution in [3.05, 3.63) is 213 Å². The molecule has 2 atom stereocenters. The molecule has 3 aromatic carbocycles. The summed E-state index contributed by atoms with van der Waals surface area (Å²) in [5.41, 5.74) is 11.7. The van der Waals surface area contributed by atoms with E-state index in [9.17, 15) is 46.9 Å². The fourth-order valence-electron chi connectivity index (χ4n) is 12.2. The van der Waals surface area contributed by atoms with Crippen molar-refractivity contribution in [3.63, 3.8) is 0 Å². The molecular weight excluding hydrogens is 1670 g/mol. The first-order chi connectivity index (χ1) is 60.2. The minimum atomic E-state index is -2.29. The van der Waals surface area contributed by atoms with Crippen molar-refractivity contribution in [2.24, 2.45) is 53.1 Å². The first-order valence-electron chi connectivity index (χ1n) is 40.0. The van der Waals surface area contributed by atoms with Gasteiger partial charge < -0.3 is 29.4 Å². The highest BCUT2D eigenvalue weighted by Crippen LogP contribution is 2.42. The van der Waals surface area contributed by atoms with Gasteiger partial charge in [0.2, 0.25) is 23.1 Å². The summed E-state index contributed by atoms with van der Waals surface area (Å²) < 4.78 is 52.9. The quantitative estimate of drug-likeness (QED) is 0.00835. The van der Waals surface area contributed by atoms with Crippen molar-refractivity contribution in [1.29, 1.82) is 0 Å². The second kappa shape index (κ2) is 43.7. The molecule has 0 bridgehead atoms. The van der Waals surface area contributed by atoms with Crippen LogP contribution in [0.4, 0.5) is 80.4 Å². The van der Waals surface area contributed by atoms with Crippen LogP contribution in [0.1, 0.15) is 220 Å². The third-order valence-corrected chi connectivity index (χ3v) is 19.9. The van der Waals surface area contributed by atoms with E-state index in [-0.39, 0.29) is 133 Å². The monoisotopic (exact) mass is 1770 g/mol. The molecule has 8 heterocycles. The predicted molar refractivity (Wildman–Crippen MR) is 479 cm³/mol. The molecule has 0 fully saturated rings. The maximum absolute atomic E-state index is 13.0. The van der Waals surface area contributed by atoms with Crippen LogP contribution in [0.15, 0.2) is 135 Å². The third-order valence-electron chi connectivity index (χ3n) is 19.0. The largest absolute Gasteiger partial charge is 0.772 e. The Labute approximate surface area is 737 Å². The number of hydrogen-bond acceptors (Lipinski definition) is 28. The molecule has 0 amide bonds. The van der Waals surface area contributed by atoms with Gasteiger partial charge in [0.15, 0.2) is 40.5 Å². The lowest BCUT2D eigenvalue weighted by Crippen LogP contribution is -2.20. The topological polar surface area (TPSA) is 538 Å². The van der Waals surface area contributed by atoms with Gasteiger partial charge in [0, 0.05) is 70.5 Å². The number of esters is 1. The number of azo groups is 4. The van der Waals surface area contributed by atoms with E-state index >= 15 is 0 Å². The molecule has 11 aromatic rings. The normalized spacial score (nSPS) is 12.8. The van der Waals surface area contributed by atoms with Crippen LogP contribution in [-0.4, -0.2) is 133 Å². The lowest BCUT2D eigenvalue weighted by Gasteiger charge is -2.19. The van der Waals surface area contributed by atoms with Gasteiger partial charge in [-0.25, -0.2) is 28.9 Å². The van der Waals surface area contributed by atoms with Crippen LogP contribution in [0.2, 0.25) is 0 Å². The average Bonchev–Trinajstić information content (AvgIpc) is 1.65. The SMILES string of the molecule is CCOC(=O)c1cn[nH]c1N=Nc1c(C(C)(C)C)nn(C)c1NCS(=O)[O-].CCc1[nH]nc(N=Nc2cc(C(C)(C)C)ccc2O)c1CS(=O)[O-].[C-]#[N+]c1c(N=Nc2c(C(C)(C)C)[nH]n(-c3ccccc3)c2=O)n[nH]c1C(C)C.[C-]#[N+]c1c(N=Nc2c(C)c([N+]#[C-])c(O)n(CCCC)c2=O)n[nH]c1CC.[C-]#[N+]c1c(NN=C2Cc3ccccc3C2=O)n[nH]c1C(C)C. The van der Waals surface area contributed by atoms with E-state index in [1.54, 1.807) is 32.2 Å². The highest BCUT2D eigenvalue weighted by atomic mass is 32.2. The minimum absolute atomic E-state index is 0.00644. The molecule has 0 saturated heterocycles. The van der Waals surface area contributed by atoms with Crippen molar-refractivity contribution in [3.8, 4) is 17.3 Å². The van der Waals surface area contributed by atoms with Gasteiger partial charge in [0.05, 0.1) is 62.0 Å². The maximum Gasteiger partial charge on any atom is 0.343 e. The summed E-state index contributed by atoms with van der Waals surface area (Å²) >= 11 is -4.54. The molecule has 8 aromatic heterocycles. The molecule has 0 saturated carbocycles. The van der Waals surface area contributed by atoms with Crippen LogP contribution in [-0.2, 0) is 81.8 Å². The van der Waals surface area contributed by atoms with Gasteiger partial charge in [-0.15, -0.1) is 40.9 Å². The summed E-state index contributed by atoms with van der Waals surface area (Å²) in [6.07, 6.45) is 4.50. The number of aromatic amines is 6. The number of aromatic nitrogens is 15. The molecular formula is C84H100N30O11S2-2. The van der Waals surface area contributed by atoms with Gasteiger partial charge in [-0.05, 0) is 102 Å². The Balaban J connectivity index is 0.000000197. The molecule has 1 aliphatic rings. The molecule has 0 radical (unpaired) electrons. The van der Waals surface area contributed by atoms with Crippen molar-refractivity contribution < 1.29 is 42.1 Å². The number of benzene rings is 3. The smallest absolute Gasteiger partial charge is 0.343 e. The van der Waals surface area contributed by atoms with Gasteiger partial charge in [-0.2, -0.15) is 35.7 Å². The molecule has 12 rings (SSSR count). The number of carbonyl (C=O) groups is 2. The summed E-state index contributed by atoms with van der Waals surface area (Å²) in [6, 6.07) is 21.9. The van der Waals surface area contributed by atoms with E-state index in [1.807, 2.05) is 145 Å². The molecule has 127 heavy (non-hydrogen) atoms. The number of hydrazone groups is 1. The second-order valence-electron chi connectivity index (χ2n) is 31.9. The highest BCUT2D eigenvalue weighted by Gasteiger charge is 2.31. The first kappa shape index (κ1) is 97.9. The molecule has 43 heteroatoms. The van der Waals surface area contributed by atoms with Gasteiger partial charge in [0.25, 0.3) is 28.2 Å². The number of anilines is 2. The number of unbranched alkanes of at least 4 members (excludes halogenated alkanes) is 1. The number of ether oxygens (including phenoxy) is 1. The summed E-state index contributed by atoms with van der Waals surface area (Å²) in [6.45, 7) is 64.5. The van der Waals surface area contributed by atoms with E-state index in [0.717, 1.165) is 27.8 Å². The van der Waals surface area contributed by atoms with Crippen LogP contribution >= 0.6 is 0 Å². The molecule has 2 unspecified atom stereocenters. The number of aryl methyl sites for hydroxylation is 3. The summed E-state index contributed by atoms with van der Waals surface area (Å²) in [5, 5.41) is 101. The zero-order chi connectivity index (χ0) is 93.5. The van der Waals surface area contributed by atoms with Crippen LogP contribution < -0.4 is 21.9 Å². The zero-order valence-electron chi connectivity index (χ0n) is 73.7. The number of fused-ring (bicyclic) bond motifs is 1. The Morgan fingerprint density at radius 1 is 0.661 bits per heavy atom. The third kappa shape index (κ3) is 24.3. The van der Waals surface area contributed by atoms with E-state index in [1.165, 1.54) is 22.5 Å². The summed E-state index contributed by atoms with van der Waals surface area (Å²) in [4.78, 5) is 63.6. The zero-order valence-corrected chi connectivity index (χ0v) is 75.4. The summed E-state index contributed by atoms with van der Waals surface area (Å²) in [7, 11) is 1.67. The number of carbonyl (C=O) groups excluding carboxylic acids is 2. The second-order valence-corrected chi connectivity index (χ2v) is 33.7. The molecule has 0 spiro atoms. The lowest BCUT2D eigenvalue weighted by atomic mass is 9.87. The number of H-pyrrole nitrogens is 6. The number of aromatic hydroxyl groups is 2. The Morgan fingerprint density at radius 2 is 1.25 bits per heavy atom. The van der Waals surface area contributed by atoms with Gasteiger partial charge in [-0.3, -0.25) is 68.1 Å². The molecule has 10 N–H and O–H groups in total. The molecule has 0 aliphatic heterocycles. The number of hydrogen-bond donors (Lipinski definition) is 10. The van der Waals surface area contributed by atoms with Gasteiger partial charge >= 0.3 is 5.97 Å². The summed E-state index contributed by atoms with van der Waals surface area (Å²) in [5.74, 6) is 0.175. The Kier molecular flexibility index (Phi) is 33.7. The lowest BCUT2D eigenvalue weighted by molar-refractivity contribution is 0.0527. The van der Waals surface area contributed by atoms with Crippen molar-refractivity contribution in [2.45, 2.75) is 197 Å². The maximum atomic E-state index is 13.0. The number of nitrogens with zero attached hydrogens (tertiary/aromatic N) is 22. The van der Waals surface area contributed by atoms with E-state index in [4.69, 9.17) is 31.0 Å². The van der Waals surface area contributed by atoms with Crippen molar-refractivity contribution in [2.75, 3.05) is 23.2 Å². The predicted octanol–water partition coefficient (Wildman–Crippen LogP) is 19.1. The van der Waals surface area contributed by atoms with Crippen LogP contribution in [0.3, 0.4) is 0 Å². The van der Waals surface area contributed by atoms with Crippen LogP contribution in [0, 0.1) is 33.2 Å². The van der Waals surface area contributed by atoms with Gasteiger partial charge in [-0.1, -0.05) is 177 Å². The van der Waals surface area contributed by atoms with E-state index in [2.05, 4.69) is 158 Å². The van der Waals surface area contributed by atoms with Crippen molar-refractivity contribution in [1.82, 2.24) is 75.1 Å². The minimum Gasteiger partial charge on any atom is -0.772 e. The number of rotatable bonds is 25. The Bertz CT molecular complexity index is 6290. The first-order valence-corrected chi connectivity index (χ1v) is 42.5. The number of Topliss-reactive ketones (excluding diaryl/α,β-unsaturated/α-hetero) is 1. The average molecular weight is 1770 g/mol. The molecule has 1 aliphatic carbocycles.